The molecule has 0 aliphatic rings. The van der Waals surface area contributed by atoms with E-state index in [1.807, 2.05) is 32.1 Å². The number of nitrogens with one attached hydrogen (secondary N) is 1. The zero-order valence-corrected chi connectivity index (χ0v) is 13.9. The molecule has 1 aromatic carbocycles. The Labute approximate surface area is 132 Å². The molecule has 1 N–H and O–H groups in total. The third-order valence-electron chi connectivity index (χ3n) is 2.82. The number of methoxy groups -OCH3 is 2. The first kappa shape index (κ1) is 17.8. The number of hydrogen-bond donors (Lipinski definition) is 1. The molecular weight excluding hydrogens is 290 g/mol. The van der Waals surface area contributed by atoms with Gasteiger partial charge in [-0.05, 0) is 37.6 Å². The molecule has 1 rings (SSSR count). The Balaban J connectivity index is 2.74. The average Bonchev–Trinajstić information content (AvgIpc) is 2.45. The monoisotopic (exact) mass is 313 g/mol. The van der Waals surface area contributed by atoms with Crippen LogP contribution in [-0.2, 0) is 11.3 Å². The third kappa shape index (κ3) is 6.38. The van der Waals surface area contributed by atoms with E-state index in [-0.39, 0.29) is 0 Å². The summed E-state index contributed by atoms with van der Waals surface area (Å²) in [6, 6.07) is 3.82. The lowest BCUT2D eigenvalue weighted by Crippen LogP contribution is -2.18. The largest absolute Gasteiger partial charge is 0.493 e. The Morgan fingerprint density at radius 2 is 2.05 bits per heavy atom. The summed E-state index contributed by atoms with van der Waals surface area (Å²) in [4.78, 5) is 0. The van der Waals surface area contributed by atoms with Gasteiger partial charge in [0.1, 0.15) is 6.61 Å². The van der Waals surface area contributed by atoms with Crippen LogP contribution in [0.3, 0.4) is 0 Å². The van der Waals surface area contributed by atoms with E-state index < -0.39 is 0 Å². The van der Waals surface area contributed by atoms with Crippen LogP contribution in [0, 0.1) is 0 Å². The number of rotatable bonds is 9. The Morgan fingerprint density at radius 3 is 2.67 bits per heavy atom. The maximum absolute atomic E-state index is 6.29. The van der Waals surface area contributed by atoms with Crippen molar-refractivity contribution in [3.8, 4) is 11.5 Å². The molecule has 0 saturated heterocycles. The molecule has 0 heterocycles. The molecule has 5 heteroatoms. The third-order valence-corrected chi connectivity index (χ3v) is 3.10. The number of allylic oxidation sites excluding steroid dienone is 1. The van der Waals surface area contributed by atoms with E-state index in [2.05, 4.69) is 5.32 Å². The maximum Gasteiger partial charge on any atom is 0.180 e. The van der Waals surface area contributed by atoms with Crippen LogP contribution in [0.5, 0.6) is 11.5 Å². The second kappa shape index (κ2) is 9.66. The zero-order valence-electron chi connectivity index (χ0n) is 13.2. The summed E-state index contributed by atoms with van der Waals surface area (Å²) >= 11 is 6.29. The number of hydrogen-bond acceptors (Lipinski definition) is 4. The molecule has 0 spiro atoms. The highest BCUT2D eigenvalue weighted by Crippen LogP contribution is 2.36. The first-order valence-electron chi connectivity index (χ1n) is 6.90. The second-order valence-corrected chi connectivity index (χ2v) is 5.28. The molecule has 21 heavy (non-hydrogen) atoms. The smallest absolute Gasteiger partial charge is 0.180 e. The minimum absolute atomic E-state index is 0.476. The molecule has 0 atom stereocenters. The predicted octanol–water partition coefficient (Wildman–Crippen LogP) is 3.43. The van der Waals surface area contributed by atoms with E-state index in [9.17, 15) is 0 Å². The summed E-state index contributed by atoms with van der Waals surface area (Å²) in [6.45, 7) is 6.69. The van der Waals surface area contributed by atoms with Gasteiger partial charge in [-0.3, -0.25) is 0 Å². The highest BCUT2D eigenvalue weighted by molar-refractivity contribution is 6.32. The van der Waals surface area contributed by atoms with Gasteiger partial charge < -0.3 is 19.5 Å². The van der Waals surface area contributed by atoms with Gasteiger partial charge in [0.2, 0.25) is 0 Å². The van der Waals surface area contributed by atoms with E-state index in [1.165, 1.54) is 5.57 Å². The summed E-state index contributed by atoms with van der Waals surface area (Å²) in [6.07, 6.45) is 2.00. The van der Waals surface area contributed by atoms with Crippen molar-refractivity contribution in [2.24, 2.45) is 0 Å². The minimum atomic E-state index is 0.476. The molecule has 0 radical (unpaired) electrons. The van der Waals surface area contributed by atoms with Crippen molar-refractivity contribution >= 4 is 11.6 Å². The zero-order chi connectivity index (χ0) is 15.7. The molecular formula is C16H24ClNO3. The van der Waals surface area contributed by atoms with Crippen LogP contribution in [0.15, 0.2) is 23.8 Å². The van der Waals surface area contributed by atoms with Crippen molar-refractivity contribution in [2.45, 2.75) is 20.4 Å². The van der Waals surface area contributed by atoms with Gasteiger partial charge in [-0.2, -0.15) is 0 Å². The van der Waals surface area contributed by atoms with Gasteiger partial charge in [-0.1, -0.05) is 17.2 Å². The number of benzene rings is 1. The number of ether oxygens (including phenoxy) is 3. The lowest BCUT2D eigenvalue weighted by molar-refractivity contribution is 0.199. The van der Waals surface area contributed by atoms with Crippen LogP contribution in [0.25, 0.3) is 0 Å². The van der Waals surface area contributed by atoms with Crippen molar-refractivity contribution in [1.29, 1.82) is 0 Å². The van der Waals surface area contributed by atoms with Crippen molar-refractivity contribution < 1.29 is 14.2 Å². The van der Waals surface area contributed by atoms with Gasteiger partial charge in [0.25, 0.3) is 0 Å². The topological polar surface area (TPSA) is 39.7 Å². The van der Waals surface area contributed by atoms with Gasteiger partial charge in [-0.25, -0.2) is 0 Å². The molecule has 118 valence electrons. The maximum atomic E-state index is 6.29. The fraction of sp³-hybridized carbons (Fsp3) is 0.500. The van der Waals surface area contributed by atoms with Crippen LogP contribution in [0.2, 0.25) is 5.02 Å². The molecule has 0 aliphatic carbocycles. The van der Waals surface area contributed by atoms with E-state index in [0.717, 1.165) is 12.1 Å². The Kier molecular flexibility index (Phi) is 8.20. The summed E-state index contributed by atoms with van der Waals surface area (Å²) < 4.78 is 16.1. The van der Waals surface area contributed by atoms with Crippen molar-refractivity contribution in [3.05, 3.63) is 34.4 Å². The van der Waals surface area contributed by atoms with Crippen LogP contribution in [-0.4, -0.2) is 34.0 Å². The van der Waals surface area contributed by atoms with Gasteiger partial charge in [0, 0.05) is 20.2 Å². The molecule has 1 aromatic rings. The van der Waals surface area contributed by atoms with Crippen molar-refractivity contribution in [3.63, 3.8) is 0 Å². The van der Waals surface area contributed by atoms with E-state index in [0.29, 0.717) is 36.3 Å². The molecule has 4 nitrogen and oxygen atoms in total. The van der Waals surface area contributed by atoms with E-state index in [1.54, 1.807) is 14.2 Å². The van der Waals surface area contributed by atoms with Crippen LogP contribution in [0.4, 0.5) is 0 Å². The molecule has 0 aromatic heterocycles. The summed E-state index contributed by atoms with van der Waals surface area (Å²) in [5.41, 5.74) is 2.24. The van der Waals surface area contributed by atoms with Crippen LogP contribution >= 0.6 is 11.6 Å². The van der Waals surface area contributed by atoms with Gasteiger partial charge in [0.15, 0.2) is 11.5 Å². The van der Waals surface area contributed by atoms with Crippen molar-refractivity contribution in [1.82, 2.24) is 5.32 Å². The number of halogens is 1. The lowest BCUT2D eigenvalue weighted by atomic mass is 10.2. The predicted molar refractivity (Wildman–Crippen MR) is 86.5 cm³/mol. The SMILES string of the molecule is COCCNCc1cc(Cl)c(OCC=C(C)C)c(OC)c1. The Morgan fingerprint density at radius 1 is 1.29 bits per heavy atom. The average molecular weight is 314 g/mol. The summed E-state index contributed by atoms with van der Waals surface area (Å²) in [7, 11) is 3.29. The normalized spacial score (nSPS) is 10.3. The molecule has 0 amide bonds. The fourth-order valence-corrected chi connectivity index (χ4v) is 2.00. The molecule has 0 unspecified atom stereocenters. The van der Waals surface area contributed by atoms with Gasteiger partial charge in [0.05, 0.1) is 18.7 Å². The molecule has 0 bridgehead atoms. The molecule has 0 fully saturated rings. The van der Waals surface area contributed by atoms with Gasteiger partial charge >= 0.3 is 0 Å². The van der Waals surface area contributed by atoms with E-state index >= 15 is 0 Å². The lowest BCUT2D eigenvalue weighted by Gasteiger charge is -2.14. The summed E-state index contributed by atoms with van der Waals surface area (Å²) in [5, 5.41) is 3.82. The quantitative estimate of drug-likeness (QED) is 0.560. The van der Waals surface area contributed by atoms with Crippen LogP contribution < -0.4 is 14.8 Å². The standard InChI is InChI=1S/C16H24ClNO3/c1-12(2)5-7-21-16-14(17)9-13(10-15(16)20-4)11-18-6-8-19-3/h5,9-10,18H,6-8,11H2,1-4H3. The minimum Gasteiger partial charge on any atom is -0.493 e. The molecule has 0 saturated carbocycles. The summed E-state index contributed by atoms with van der Waals surface area (Å²) in [5.74, 6) is 1.23. The van der Waals surface area contributed by atoms with Gasteiger partial charge in [-0.15, -0.1) is 0 Å². The molecule has 0 aliphatic heterocycles. The van der Waals surface area contributed by atoms with E-state index in [4.69, 9.17) is 25.8 Å². The Bertz CT molecular complexity index is 471. The fourth-order valence-electron chi connectivity index (χ4n) is 1.71. The second-order valence-electron chi connectivity index (χ2n) is 4.87. The van der Waals surface area contributed by atoms with Crippen LogP contribution in [0.1, 0.15) is 19.4 Å². The van der Waals surface area contributed by atoms with Crippen molar-refractivity contribution in [2.75, 3.05) is 34.0 Å². The Hall–Kier alpha value is -1.23. The highest BCUT2D eigenvalue weighted by atomic mass is 35.5. The first-order valence-corrected chi connectivity index (χ1v) is 7.28. The first-order chi connectivity index (χ1) is 10.1. The highest BCUT2D eigenvalue weighted by Gasteiger charge is 2.11.